The second-order valence-corrected chi connectivity index (χ2v) is 12.8. The van der Waals surface area contributed by atoms with Gasteiger partial charge in [0.2, 0.25) is 0 Å². The summed E-state index contributed by atoms with van der Waals surface area (Å²) >= 11 is 0. The number of imide groups is 1. The molecule has 6 nitrogen and oxygen atoms in total. The summed E-state index contributed by atoms with van der Waals surface area (Å²) in [4.78, 5) is 38.6. The molecular formula is C49H40N4O2. The largest absolute Gasteiger partial charge is 0.308 e. The topological polar surface area (TPSA) is 67.6 Å². The number of nitrogens with zero attached hydrogens (tertiary/aromatic N) is 4. The summed E-state index contributed by atoms with van der Waals surface area (Å²) in [6.07, 6.45) is 5.29. The first kappa shape index (κ1) is 36.2. The van der Waals surface area contributed by atoms with Gasteiger partial charge in [-0.25, -0.2) is 4.90 Å². The number of amides is 2. The lowest BCUT2D eigenvalue weighted by Crippen LogP contribution is -2.30. The van der Waals surface area contributed by atoms with Crippen molar-refractivity contribution in [3.8, 4) is 39.2 Å². The number of anilines is 1. The maximum absolute atomic E-state index is 14.7. The fraction of sp³-hybridized carbons (Fsp3) is 0.0612. The van der Waals surface area contributed by atoms with Gasteiger partial charge in [-0.2, -0.15) is 0 Å². The lowest BCUT2D eigenvalue weighted by Gasteiger charge is -2.20. The van der Waals surface area contributed by atoms with Crippen molar-refractivity contribution >= 4 is 45.5 Å². The fourth-order valence-electron chi connectivity index (χ4n) is 6.99. The van der Waals surface area contributed by atoms with Crippen molar-refractivity contribution in [1.82, 2.24) is 9.55 Å². The van der Waals surface area contributed by atoms with Gasteiger partial charge in [0.05, 0.1) is 39.2 Å². The van der Waals surface area contributed by atoms with Crippen LogP contribution >= 0.6 is 0 Å². The number of aromatic nitrogens is 2. The first-order valence-corrected chi connectivity index (χ1v) is 18.2. The Morgan fingerprint density at radius 3 is 1.89 bits per heavy atom. The van der Waals surface area contributed by atoms with Gasteiger partial charge in [0.1, 0.15) is 0 Å². The number of rotatable bonds is 5. The molecule has 9 rings (SSSR count). The predicted octanol–water partition coefficient (Wildman–Crippen LogP) is 11.9. The highest BCUT2D eigenvalue weighted by molar-refractivity contribution is 6.36. The van der Waals surface area contributed by atoms with E-state index >= 15 is 0 Å². The van der Waals surface area contributed by atoms with Gasteiger partial charge < -0.3 is 9.56 Å². The Morgan fingerprint density at radius 2 is 1.20 bits per heavy atom. The van der Waals surface area contributed by atoms with Crippen molar-refractivity contribution in [3.05, 3.63) is 188 Å². The standard InChI is InChI=1S/C43H27N3O2.C3H7N.C3H6/c47-42-34-17-11-20-39(45-37-19-8-7-16-32(37)33-23-21-31(27-40(33)45)36-18-9-10-25-44-36)41(34)43(48)46(42)38-24-22-30(28-12-3-1-4-13-28)26-35(38)29-14-5-2-6-15-29;1-3-4-2;1-3-2/h1-27H;3H,1-2H3;3H,1H2,2H3. The molecule has 0 aliphatic carbocycles. The van der Waals surface area contributed by atoms with Gasteiger partial charge in [-0.3, -0.25) is 14.6 Å². The third-order valence-electron chi connectivity index (χ3n) is 9.46. The minimum atomic E-state index is -0.345. The lowest BCUT2D eigenvalue weighted by molar-refractivity contribution is 0.0926. The molecule has 1 aliphatic rings. The molecule has 3 heterocycles. The molecule has 0 unspecified atom stereocenters. The molecule has 8 aromatic rings. The van der Waals surface area contributed by atoms with Crippen molar-refractivity contribution in [1.29, 1.82) is 0 Å². The Morgan fingerprint density at radius 1 is 0.564 bits per heavy atom. The molecule has 6 heteroatoms. The Kier molecular flexibility index (Phi) is 10.7. The van der Waals surface area contributed by atoms with Gasteiger partial charge in [0.15, 0.2) is 0 Å². The third-order valence-corrected chi connectivity index (χ3v) is 9.46. The average Bonchev–Trinajstić information content (AvgIpc) is 3.71. The summed E-state index contributed by atoms with van der Waals surface area (Å²) in [5, 5.41) is 2.12. The zero-order valence-corrected chi connectivity index (χ0v) is 31.1. The molecule has 0 atom stereocenters. The van der Waals surface area contributed by atoms with Crippen molar-refractivity contribution in [2.75, 3.05) is 11.9 Å². The van der Waals surface area contributed by atoms with Gasteiger partial charge >= 0.3 is 0 Å². The van der Waals surface area contributed by atoms with Crippen molar-refractivity contribution in [2.24, 2.45) is 4.99 Å². The number of carbonyl (C=O) groups is 2. The van der Waals surface area contributed by atoms with Crippen molar-refractivity contribution in [3.63, 3.8) is 0 Å². The van der Waals surface area contributed by atoms with Crippen LogP contribution in [0.2, 0.25) is 0 Å². The molecule has 0 radical (unpaired) electrons. The number of carbonyl (C=O) groups excluding carboxylic acids is 2. The van der Waals surface area contributed by atoms with Crippen molar-refractivity contribution < 1.29 is 9.59 Å². The zero-order valence-electron chi connectivity index (χ0n) is 31.1. The molecule has 0 N–H and O–H groups in total. The quantitative estimate of drug-likeness (QED) is 0.101. The minimum absolute atomic E-state index is 0.337. The highest BCUT2D eigenvalue weighted by Gasteiger charge is 2.40. The minimum Gasteiger partial charge on any atom is -0.308 e. The SMILES string of the molecule is C=CC.CC=NC.O=C1c2cccc(-n3c4ccccc4c4ccc(-c5ccccn5)cc43)c2C(=O)N1c1ccc(-c2ccccc2)cc1-c1ccccc1. The summed E-state index contributed by atoms with van der Waals surface area (Å²) in [5.41, 5.74) is 9.50. The smallest absolute Gasteiger partial charge is 0.268 e. The summed E-state index contributed by atoms with van der Waals surface area (Å²) in [5.74, 6) is -0.682. The Balaban J connectivity index is 0.000000617. The molecule has 6 aromatic carbocycles. The van der Waals surface area contributed by atoms with Gasteiger partial charge in [-0.05, 0) is 85.3 Å². The van der Waals surface area contributed by atoms with Crippen LogP contribution < -0.4 is 4.90 Å². The molecule has 0 bridgehead atoms. The number of aliphatic imine (C=N–C) groups is 1. The Bertz CT molecular complexity index is 2680. The molecule has 0 saturated heterocycles. The second kappa shape index (κ2) is 16.2. The summed E-state index contributed by atoms with van der Waals surface area (Å²) < 4.78 is 2.11. The van der Waals surface area contributed by atoms with Crippen LogP contribution in [0.5, 0.6) is 0 Å². The van der Waals surface area contributed by atoms with E-state index in [1.165, 1.54) is 4.90 Å². The van der Waals surface area contributed by atoms with Crippen LogP contribution in [0.3, 0.4) is 0 Å². The van der Waals surface area contributed by atoms with Gasteiger partial charge in [-0.1, -0.05) is 115 Å². The molecular weight excluding hydrogens is 677 g/mol. The second-order valence-electron chi connectivity index (χ2n) is 12.8. The van der Waals surface area contributed by atoms with Crippen LogP contribution in [-0.2, 0) is 0 Å². The highest BCUT2D eigenvalue weighted by Crippen LogP contribution is 2.42. The average molecular weight is 717 g/mol. The monoisotopic (exact) mass is 716 g/mol. The van der Waals surface area contributed by atoms with E-state index < -0.39 is 0 Å². The molecule has 0 spiro atoms. The molecule has 268 valence electrons. The maximum Gasteiger partial charge on any atom is 0.268 e. The number of fused-ring (bicyclic) bond motifs is 4. The normalized spacial score (nSPS) is 11.9. The maximum atomic E-state index is 14.7. The first-order chi connectivity index (χ1) is 27.0. The Labute approximate surface area is 321 Å². The van der Waals surface area contributed by atoms with Crippen LogP contribution in [0.4, 0.5) is 5.69 Å². The van der Waals surface area contributed by atoms with E-state index in [4.69, 9.17) is 0 Å². The highest BCUT2D eigenvalue weighted by atomic mass is 16.2. The number of hydrogen-bond acceptors (Lipinski definition) is 4. The van der Waals surface area contributed by atoms with Gasteiger partial charge in [0.25, 0.3) is 11.8 Å². The van der Waals surface area contributed by atoms with Gasteiger partial charge in [-0.15, -0.1) is 6.58 Å². The van der Waals surface area contributed by atoms with E-state index in [9.17, 15) is 9.59 Å². The van der Waals surface area contributed by atoms with E-state index in [-0.39, 0.29) is 11.8 Å². The first-order valence-electron chi connectivity index (χ1n) is 18.2. The third kappa shape index (κ3) is 6.89. The summed E-state index contributed by atoms with van der Waals surface area (Å²) in [6, 6.07) is 51.9. The lowest BCUT2D eigenvalue weighted by atomic mass is 9.97. The van der Waals surface area contributed by atoms with Crippen LogP contribution in [0.15, 0.2) is 182 Å². The molecule has 0 saturated carbocycles. The molecule has 0 fully saturated rings. The van der Waals surface area contributed by atoms with Gasteiger partial charge in [0, 0.05) is 35.1 Å². The van der Waals surface area contributed by atoms with Crippen LogP contribution in [0.1, 0.15) is 34.6 Å². The van der Waals surface area contributed by atoms with Crippen LogP contribution in [0, 0.1) is 0 Å². The number of pyridine rings is 1. The van der Waals surface area contributed by atoms with Crippen molar-refractivity contribution in [2.45, 2.75) is 13.8 Å². The molecule has 55 heavy (non-hydrogen) atoms. The van der Waals surface area contributed by atoms with E-state index in [1.54, 1.807) is 31.6 Å². The molecule has 2 amide bonds. The van der Waals surface area contributed by atoms with E-state index in [2.05, 4.69) is 69.7 Å². The number of benzene rings is 6. The van der Waals surface area contributed by atoms with Crippen LogP contribution in [-0.4, -0.2) is 34.6 Å². The summed E-state index contributed by atoms with van der Waals surface area (Å²) in [6.45, 7) is 7.14. The van der Waals surface area contributed by atoms with Crippen LogP contribution in [0.25, 0.3) is 61.0 Å². The predicted molar refractivity (Wildman–Crippen MR) is 228 cm³/mol. The molecule has 1 aliphatic heterocycles. The zero-order chi connectivity index (χ0) is 38.3. The number of hydrogen-bond donors (Lipinski definition) is 0. The Hall–Kier alpha value is -7.18. The van der Waals surface area contributed by atoms with E-state index in [0.29, 0.717) is 22.5 Å². The fourth-order valence-corrected chi connectivity index (χ4v) is 6.99. The van der Waals surface area contributed by atoms with E-state index in [0.717, 1.165) is 55.3 Å². The number of para-hydroxylation sites is 1. The summed E-state index contributed by atoms with van der Waals surface area (Å²) in [7, 11) is 1.75. The molecule has 2 aromatic heterocycles. The van der Waals surface area contributed by atoms with E-state index in [1.807, 2.05) is 117 Å². The number of allylic oxidation sites excluding steroid dienone is 1.